The molecule has 0 spiro atoms. The van der Waals surface area contributed by atoms with Gasteiger partial charge in [0, 0.05) is 13.0 Å². The molecule has 0 unspecified atom stereocenters. The molecule has 9 heavy (non-hydrogen) atoms. The molecule has 1 radical (unpaired) electrons. The van der Waals surface area contributed by atoms with Gasteiger partial charge in [-0.1, -0.05) is 0 Å². The van der Waals surface area contributed by atoms with Crippen molar-refractivity contribution in [3.63, 3.8) is 0 Å². The molecule has 1 N–H and O–H groups in total. The van der Waals surface area contributed by atoms with Crippen LogP contribution in [0, 0.1) is 6.07 Å². The minimum Gasteiger partial charge on any atom is -0.317 e. The van der Waals surface area contributed by atoms with Crippen molar-refractivity contribution in [2.45, 2.75) is 6.92 Å². The molecule has 1 amide bonds. The molecule has 0 fully saturated rings. The monoisotopic (exact) mass is 140 g/mol. The molecular weight excluding hydrogens is 134 g/mol. The number of hydrogen-bond acceptors (Lipinski definition) is 2. The van der Waals surface area contributed by atoms with Gasteiger partial charge >= 0.3 is 0 Å². The van der Waals surface area contributed by atoms with Gasteiger partial charge in [0.25, 0.3) is 0 Å². The molecule has 0 aliphatic carbocycles. The number of carbonyl (C=O) groups is 1. The number of thiophene rings is 1. The summed E-state index contributed by atoms with van der Waals surface area (Å²) in [6, 6.07) is 4.63. The van der Waals surface area contributed by atoms with E-state index in [1.165, 1.54) is 18.3 Å². The fourth-order valence-electron chi connectivity index (χ4n) is 0.471. The Balaban J connectivity index is 2.58. The highest BCUT2D eigenvalue weighted by molar-refractivity contribution is 7.14. The first-order valence-corrected chi connectivity index (χ1v) is 3.40. The van der Waals surface area contributed by atoms with Crippen molar-refractivity contribution in [2.75, 3.05) is 5.32 Å². The highest BCUT2D eigenvalue weighted by Crippen LogP contribution is 2.13. The summed E-state index contributed by atoms with van der Waals surface area (Å²) in [6.45, 7) is 1.48. The van der Waals surface area contributed by atoms with Gasteiger partial charge in [-0.05, 0) is 11.4 Å². The van der Waals surface area contributed by atoms with Gasteiger partial charge < -0.3 is 5.32 Å². The summed E-state index contributed by atoms with van der Waals surface area (Å²) in [7, 11) is 0. The van der Waals surface area contributed by atoms with Crippen LogP contribution in [-0.4, -0.2) is 5.91 Å². The van der Waals surface area contributed by atoms with Crippen molar-refractivity contribution < 1.29 is 4.79 Å². The largest absolute Gasteiger partial charge is 0.317 e. The predicted molar refractivity (Wildman–Crippen MR) is 37.5 cm³/mol. The molecule has 1 aromatic rings. The topological polar surface area (TPSA) is 29.1 Å². The Morgan fingerprint density at radius 1 is 1.89 bits per heavy atom. The number of amides is 1. The first kappa shape index (κ1) is 6.29. The summed E-state index contributed by atoms with van der Waals surface area (Å²) >= 11 is 1.46. The van der Waals surface area contributed by atoms with E-state index in [0.717, 1.165) is 5.00 Å². The van der Waals surface area contributed by atoms with Gasteiger partial charge in [-0.15, -0.1) is 11.3 Å². The van der Waals surface area contributed by atoms with Gasteiger partial charge in [0.2, 0.25) is 5.91 Å². The lowest BCUT2D eigenvalue weighted by molar-refractivity contribution is -0.114. The summed E-state index contributed by atoms with van der Waals surface area (Å²) in [5, 5.41) is 5.26. The van der Waals surface area contributed by atoms with Crippen molar-refractivity contribution in [1.82, 2.24) is 0 Å². The first-order valence-electron chi connectivity index (χ1n) is 2.52. The highest BCUT2D eigenvalue weighted by Gasteiger charge is 1.92. The van der Waals surface area contributed by atoms with E-state index < -0.39 is 0 Å². The number of nitrogens with one attached hydrogen (secondary N) is 1. The Labute approximate surface area is 57.5 Å². The zero-order valence-corrected chi connectivity index (χ0v) is 5.79. The molecule has 1 heterocycles. The van der Waals surface area contributed by atoms with Crippen LogP contribution in [0.4, 0.5) is 5.00 Å². The molecular formula is C6H6NOS. The van der Waals surface area contributed by atoms with E-state index in [9.17, 15) is 4.79 Å². The number of hydrogen-bond donors (Lipinski definition) is 1. The quantitative estimate of drug-likeness (QED) is 0.629. The Hall–Kier alpha value is -0.830. The second-order valence-corrected chi connectivity index (χ2v) is 2.49. The third-order valence-corrected chi connectivity index (χ3v) is 1.49. The Morgan fingerprint density at radius 3 is 3.11 bits per heavy atom. The lowest BCUT2D eigenvalue weighted by Gasteiger charge is -1.92. The SMILES string of the molecule is CC(=O)Nc1[c]ccs1. The van der Waals surface area contributed by atoms with E-state index in [1.54, 1.807) is 6.07 Å². The minimum absolute atomic E-state index is 0.0475. The summed E-state index contributed by atoms with van der Waals surface area (Å²) in [6.07, 6.45) is 0. The highest BCUT2D eigenvalue weighted by atomic mass is 32.1. The van der Waals surface area contributed by atoms with Crippen molar-refractivity contribution in [3.05, 3.63) is 17.5 Å². The van der Waals surface area contributed by atoms with E-state index in [1.807, 2.05) is 5.38 Å². The summed E-state index contributed by atoms with van der Waals surface area (Å²) in [4.78, 5) is 10.4. The zero-order chi connectivity index (χ0) is 6.69. The van der Waals surface area contributed by atoms with Crippen LogP contribution in [0.15, 0.2) is 11.4 Å². The molecule has 0 saturated carbocycles. The van der Waals surface area contributed by atoms with Crippen LogP contribution in [-0.2, 0) is 4.79 Å². The predicted octanol–water partition coefficient (Wildman–Crippen LogP) is 1.51. The number of carbonyl (C=O) groups excluding carboxylic acids is 1. The van der Waals surface area contributed by atoms with Gasteiger partial charge in [0.1, 0.15) is 5.00 Å². The summed E-state index contributed by atoms with van der Waals surface area (Å²) in [5.74, 6) is -0.0475. The van der Waals surface area contributed by atoms with Crippen LogP contribution in [0.2, 0.25) is 0 Å². The molecule has 1 aromatic heterocycles. The average molecular weight is 140 g/mol. The maximum absolute atomic E-state index is 10.4. The lowest BCUT2D eigenvalue weighted by Crippen LogP contribution is -2.03. The summed E-state index contributed by atoms with van der Waals surface area (Å²) < 4.78 is 0. The van der Waals surface area contributed by atoms with E-state index in [4.69, 9.17) is 0 Å². The Kier molecular flexibility index (Phi) is 1.85. The third kappa shape index (κ3) is 1.85. The van der Waals surface area contributed by atoms with Gasteiger partial charge in [-0.25, -0.2) is 0 Å². The number of rotatable bonds is 1. The van der Waals surface area contributed by atoms with Gasteiger partial charge in [-0.2, -0.15) is 0 Å². The van der Waals surface area contributed by atoms with Crippen LogP contribution in [0.5, 0.6) is 0 Å². The Morgan fingerprint density at radius 2 is 2.67 bits per heavy atom. The second kappa shape index (κ2) is 2.64. The molecule has 2 nitrogen and oxygen atoms in total. The van der Waals surface area contributed by atoms with Gasteiger partial charge in [0.15, 0.2) is 0 Å². The van der Waals surface area contributed by atoms with Crippen LogP contribution < -0.4 is 5.32 Å². The van der Waals surface area contributed by atoms with Crippen molar-refractivity contribution in [1.29, 1.82) is 0 Å². The van der Waals surface area contributed by atoms with Crippen molar-refractivity contribution >= 4 is 22.2 Å². The van der Waals surface area contributed by atoms with Crippen LogP contribution >= 0.6 is 11.3 Å². The van der Waals surface area contributed by atoms with E-state index in [0.29, 0.717) is 0 Å². The smallest absolute Gasteiger partial charge is 0.221 e. The van der Waals surface area contributed by atoms with Crippen LogP contribution in [0.1, 0.15) is 6.92 Å². The van der Waals surface area contributed by atoms with Crippen molar-refractivity contribution in [2.24, 2.45) is 0 Å². The maximum atomic E-state index is 10.4. The van der Waals surface area contributed by atoms with Crippen LogP contribution in [0.3, 0.4) is 0 Å². The zero-order valence-electron chi connectivity index (χ0n) is 4.97. The Bertz CT molecular complexity index is 193. The molecule has 0 saturated heterocycles. The van der Waals surface area contributed by atoms with Gasteiger partial charge in [0.05, 0.1) is 0 Å². The lowest BCUT2D eigenvalue weighted by atomic mass is 10.6. The summed E-state index contributed by atoms with van der Waals surface area (Å²) in [5.41, 5.74) is 0. The molecule has 0 atom stereocenters. The molecule has 0 aromatic carbocycles. The van der Waals surface area contributed by atoms with Crippen molar-refractivity contribution in [3.8, 4) is 0 Å². The first-order chi connectivity index (χ1) is 4.29. The van der Waals surface area contributed by atoms with E-state index >= 15 is 0 Å². The molecule has 1 rings (SSSR count). The molecule has 0 aliphatic rings. The van der Waals surface area contributed by atoms with E-state index in [-0.39, 0.29) is 5.91 Å². The normalized spacial score (nSPS) is 9.00. The third-order valence-electron chi connectivity index (χ3n) is 0.758. The number of anilines is 1. The molecule has 47 valence electrons. The van der Waals surface area contributed by atoms with Gasteiger partial charge in [-0.3, -0.25) is 4.79 Å². The standard InChI is InChI=1S/C6H6NOS/c1-5(8)7-6-3-2-4-9-6/h2,4H,1H3,(H,7,8). The fourth-order valence-corrected chi connectivity index (χ4v) is 1.08. The fraction of sp³-hybridized carbons (Fsp3) is 0.167. The minimum atomic E-state index is -0.0475. The second-order valence-electron chi connectivity index (χ2n) is 1.58. The average Bonchev–Trinajstić information content (AvgIpc) is 2.15. The maximum Gasteiger partial charge on any atom is 0.221 e. The molecule has 3 heteroatoms. The van der Waals surface area contributed by atoms with Crippen LogP contribution in [0.25, 0.3) is 0 Å². The molecule has 0 aliphatic heterocycles. The van der Waals surface area contributed by atoms with E-state index in [2.05, 4.69) is 11.4 Å². The molecule has 0 bridgehead atoms.